The van der Waals surface area contributed by atoms with Crippen LogP contribution in [-0.2, 0) is 13.5 Å². The van der Waals surface area contributed by atoms with Crippen LogP contribution in [-0.4, -0.2) is 27.6 Å². The number of fused-ring (bicyclic) bond motifs is 3. The summed E-state index contributed by atoms with van der Waals surface area (Å²) in [5.74, 6) is 1.72. The van der Waals surface area contributed by atoms with Gasteiger partial charge in [0.2, 0.25) is 5.78 Å². The van der Waals surface area contributed by atoms with Crippen molar-refractivity contribution in [2.45, 2.75) is 6.42 Å². The van der Waals surface area contributed by atoms with Crippen LogP contribution in [0.25, 0.3) is 16.8 Å². The van der Waals surface area contributed by atoms with Crippen LogP contribution in [0.4, 0.5) is 0 Å². The average molecular weight is 323 g/mol. The van der Waals surface area contributed by atoms with Crippen LogP contribution in [0.15, 0.2) is 22.8 Å². The number of aryl methyl sites for hydroxylation is 1. The zero-order chi connectivity index (χ0) is 13.6. The van der Waals surface area contributed by atoms with E-state index in [-0.39, 0.29) is 0 Å². The second kappa shape index (κ2) is 4.54. The number of halogens is 1. The fraction of sp³-hybridized carbons (Fsp3) is 0.308. The minimum Gasteiger partial charge on any atom is -0.497 e. The number of nitrogens with zero attached hydrogens (tertiary/aromatic N) is 3. The van der Waals surface area contributed by atoms with Gasteiger partial charge in [-0.05, 0) is 34.6 Å². The first-order valence-corrected chi connectivity index (χ1v) is 6.86. The van der Waals surface area contributed by atoms with E-state index >= 15 is 0 Å². The first-order valence-electron chi connectivity index (χ1n) is 6.06. The molecule has 0 spiro atoms. The molecule has 2 N–H and O–H groups in total. The fourth-order valence-electron chi connectivity index (χ4n) is 2.39. The van der Waals surface area contributed by atoms with E-state index in [1.165, 1.54) is 0 Å². The zero-order valence-electron chi connectivity index (χ0n) is 10.9. The van der Waals surface area contributed by atoms with Crippen LogP contribution in [0.3, 0.4) is 0 Å². The Morgan fingerprint density at radius 1 is 1.42 bits per heavy atom. The van der Waals surface area contributed by atoms with E-state index in [0.717, 1.165) is 39.3 Å². The largest absolute Gasteiger partial charge is 0.497 e. The molecule has 6 heteroatoms. The van der Waals surface area contributed by atoms with Gasteiger partial charge in [0.15, 0.2) is 0 Å². The Balaban J connectivity index is 2.34. The topological polar surface area (TPSA) is 57.5 Å². The first kappa shape index (κ1) is 12.5. The lowest BCUT2D eigenvalue weighted by Gasteiger charge is -2.01. The SMILES string of the molecule is COc1ccc2c(c1)nc1n(C)c(CCN)c(Br)n21. The van der Waals surface area contributed by atoms with E-state index in [0.29, 0.717) is 6.54 Å². The highest BCUT2D eigenvalue weighted by molar-refractivity contribution is 9.10. The predicted octanol–water partition coefficient (Wildman–Crippen LogP) is 2.10. The van der Waals surface area contributed by atoms with Crippen LogP contribution < -0.4 is 10.5 Å². The molecule has 0 aliphatic heterocycles. The highest BCUT2D eigenvalue weighted by Gasteiger charge is 2.17. The Morgan fingerprint density at radius 3 is 2.89 bits per heavy atom. The molecule has 0 aliphatic carbocycles. The van der Waals surface area contributed by atoms with E-state index in [2.05, 4.69) is 29.9 Å². The molecule has 0 fully saturated rings. The lowest BCUT2D eigenvalue weighted by molar-refractivity contribution is 0.415. The van der Waals surface area contributed by atoms with E-state index in [9.17, 15) is 0 Å². The van der Waals surface area contributed by atoms with Crippen molar-refractivity contribution in [3.05, 3.63) is 28.5 Å². The molecule has 0 unspecified atom stereocenters. The van der Waals surface area contributed by atoms with E-state index in [4.69, 9.17) is 10.5 Å². The van der Waals surface area contributed by atoms with E-state index in [1.807, 2.05) is 25.2 Å². The van der Waals surface area contributed by atoms with Crippen molar-refractivity contribution in [3.8, 4) is 5.75 Å². The number of nitrogens with two attached hydrogens (primary N) is 1. The maximum absolute atomic E-state index is 5.66. The summed E-state index contributed by atoms with van der Waals surface area (Å²) in [5, 5.41) is 0. The Bertz CT molecular complexity index is 759. The van der Waals surface area contributed by atoms with Gasteiger partial charge < -0.3 is 15.0 Å². The third kappa shape index (κ3) is 1.74. The summed E-state index contributed by atoms with van der Waals surface area (Å²) in [7, 11) is 3.67. The molecule has 0 saturated heterocycles. The van der Waals surface area contributed by atoms with Crippen molar-refractivity contribution >= 4 is 32.7 Å². The van der Waals surface area contributed by atoms with Gasteiger partial charge in [0.05, 0.1) is 23.8 Å². The van der Waals surface area contributed by atoms with Crippen LogP contribution in [0, 0.1) is 0 Å². The number of hydrogen-bond donors (Lipinski definition) is 1. The maximum Gasteiger partial charge on any atom is 0.215 e. The van der Waals surface area contributed by atoms with Crippen molar-refractivity contribution < 1.29 is 4.74 Å². The Morgan fingerprint density at radius 2 is 2.21 bits per heavy atom. The number of aromatic nitrogens is 3. The summed E-state index contributed by atoms with van der Waals surface area (Å²) in [4.78, 5) is 4.66. The molecular weight excluding hydrogens is 308 g/mol. The molecule has 19 heavy (non-hydrogen) atoms. The van der Waals surface area contributed by atoms with E-state index in [1.54, 1.807) is 7.11 Å². The number of imidazole rings is 2. The normalized spacial score (nSPS) is 11.6. The summed E-state index contributed by atoms with van der Waals surface area (Å²) < 4.78 is 10.4. The minimum atomic E-state index is 0.616. The summed E-state index contributed by atoms with van der Waals surface area (Å²) in [6.07, 6.45) is 0.818. The molecule has 0 aliphatic rings. The van der Waals surface area contributed by atoms with Crippen molar-refractivity contribution in [1.29, 1.82) is 0 Å². The monoisotopic (exact) mass is 322 g/mol. The first-order chi connectivity index (χ1) is 9.17. The van der Waals surface area contributed by atoms with E-state index < -0.39 is 0 Å². The summed E-state index contributed by atoms with van der Waals surface area (Å²) in [6.45, 7) is 0.616. The van der Waals surface area contributed by atoms with Gasteiger partial charge in [0, 0.05) is 19.5 Å². The van der Waals surface area contributed by atoms with Gasteiger partial charge in [0.1, 0.15) is 10.4 Å². The fourth-order valence-corrected chi connectivity index (χ4v) is 3.20. The van der Waals surface area contributed by atoms with Crippen molar-refractivity contribution in [2.24, 2.45) is 12.8 Å². The molecule has 2 heterocycles. The highest BCUT2D eigenvalue weighted by atomic mass is 79.9. The quantitative estimate of drug-likeness (QED) is 0.803. The average Bonchev–Trinajstić information content (AvgIpc) is 2.90. The number of ether oxygens (including phenoxy) is 1. The minimum absolute atomic E-state index is 0.616. The highest BCUT2D eigenvalue weighted by Crippen LogP contribution is 2.29. The van der Waals surface area contributed by atoms with Crippen LogP contribution >= 0.6 is 15.9 Å². The lowest BCUT2D eigenvalue weighted by atomic mass is 10.3. The Hall–Kier alpha value is -1.53. The molecule has 3 aromatic rings. The van der Waals surface area contributed by atoms with Gasteiger partial charge in [-0.15, -0.1) is 0 Å². The standard InChI is InChI=1S/C13H15BrN4O/c1-17-11(5-6-15)12(14)18-10-4-3-8(19-2)7-9(10)16-13(17)18/h3-4,7H,5-6,15H2,1-2H3. The summed E-state index contributed by atoms with van der Waals surface area (Å²) in [5.41, 5.74) is 8.79. The molecule has 3 rings (SSSR count). The molecule has 0 bridgehead atoms. The second-order valence-electron chi connectivity index (χ2n) is 4.44. The van der Waals surface area contributed by atoms with Gasteiger partial charge in [0.25, 0.3) is 0 Å². The van der Waals surface area contributed by atoms with Crippen LogP contribution in [0.2, 0.25) is 0 Å². The smallest absolute Gasteiger partial charge is 0.215 e. The van der Waals surface area contributed by atoms with Crippen LogP contribution in [0.1, 0.15) is 5.69 Å². The molecular formula is C13H15BrN4O. The van der Waals surface area contributed by atoms with Gasteiger partial charge in [-0.1, -0.05) is 0 Å². The number of rotatable bonds is 3. The lowest BCUT2D eigenvalue weighted by Crippen LogP contribution is -2.07. The molecule has 0 amide bonds. The summed E-state index contributed by atoms with van der Waals surface area (Å²) >= 11 is 3.65. The van der Waals surface area contributed by atoms with Crippen molar-refractivity contribution in [2.75, 3.05) is 13.7 Å². The molecule has 0 radical (unpaired) electrons. The molecule has 2 aromatic heterocycles. The molecule has 0 saturated carbocycles. The van der Waals surface area contributed by atoms with Crippen LogP contribution in [0.5, 0.6) is 5.75 Å². The number of hydrogen-bond acceptors (Lipinski definition) is 3. The number of benzene rings is 1. The zero-order valence-corrected chi connectivity index (χ0v) is 12.4. The maximum atomic E-state index is 5.66. The summed E-state index contributed by atoms with van der Waals surface area (Å²) in [6, 6.07) is 5.90. The third-order valence-electron chi connectivity index (χ3n) is 3.36. The van der Waals surface area contributed by atoms with Gasteiger partial charge in [-0.3, -0.25) is 4.40 Å². The molecule has 1 aromatic carbocycles. The Kier molecular flexibility index (Phi) is 2.99. The van der Waals surface area contributed by atoms with Gasteiger partial charge >= 0.3 is 0 Å². The van der Waals surface area contributed by atoms with Crippen molar-refractivity contribution in [3.63, 3.8) is 0 Å². The Labute approximate surface area is 119 Å². The third-order valence-corrected chi connectivity index (χ3v) is 4.18. The predicted molar refractivity (Wildman–Crippen MR) is 78.7 cm³/mol. The molecule has 5 nitrogen and oxygen atoms in total. The van der Waals surface area contributed by atoms with Gasteiger partial charge in [-0.25, -0.2) is 4.98 Å². The van der Waals surface area contributed by atoms with Gasteiger partial charge in [-0.2, -0.15) is 0 Å². The molecule has 100 valence electrons. The van der Waals surface area contributed by atoms with Crippen molar-refractivity contribution in [1.82, 2.24) is 14.0 Å². The number of methoxy groups -OCH3 is 1. The second-order valence-corrected chi connectivity index (χ2v) is 5.19. The molecule has 0 atom stereocenters.